The summed E-state index contributed by atoms with van der Waals surface area (Å²) >= 11 is 0. The molecule has 0 aliphatic rings. The van der Waals surface area contributed by atoms with Crippen LogP contribution in [0.15, 0.2) is 82.7 Å². The molecule has 4 rings (SSSR count). The fraction of sp³-hybridized carbons (Fsp3) is 0. The van der Waals surface area contributed by atoms with Crippen LogP contribution < -0.4 is 0 Å². The lowest BCUT2D eigenvalue weighted by Gasteiger charge is -2.12. The third-order valence-electron chi connectivity index (χ3n) is 4.41. The van der Waals surface area contributed by atoms with Gasteiger partial charge in [0.15, 0.2) is 0 Å². The lowest BCUT2D eigenvalue weighted by Crippen LogP contribution is -2.02. The van der Waals surface area contributed by atoms with E-state index in [0.29, 0.717) is 16.8 Å². The van der Waals surface area contributed by atoms with Crippen LogP contribution in [-0.4, -0.2) is 46.1 Å². The average molecular weight is 468 g/mol. The van der Waals surface area contributed by atoms with Crippen LogP contribution in [0.3, 0.4) is 0 Å². The van der Waals surface area contributed by atoms with E-state index < -0.39 is 30.0 Å². The number of benzene rings is 2. The zero-order valence-electron chi connectivity index (χ0n) is 16.0. The normalized spacial score (nSPS) is 11.9. The second-order valence-corrected chi connectivity index (χ2v) is 9.26. The Bertz CT molecular complexity index is 1490. The van der Waals surface area contributed by atoms with Crippen LogP contribution in [0, 0.1) is 0 Å². The van der Waals surface area contributed by atoms with E-state index in [9.17, 15) is 25.9 Å². The summed E-state index contributed by atoms with van der Waals surface area (Å²) in [5, 5.41) is 8.29. The average Bonchev–Trinajstić information content (AvgIpc) is 2.78. The van der Waals surface area contributed by atoms with Crippen LogP contribution in [0.4, 0.5) is 0 Å². The van der Waals surface area contributed by atoms with E-state index in [0.717, 1.165) is 24.3 Å². The van der Waals surface area contributed by atoms with Crippen molar-refractivity contribution in [1.29, 1.82) is 0 Å². The van der Waals surface area contributed by atoms with Crippen molar-refractivity contribution >= 4 is 20.2 Å². The third kappa shape index (κ3) is 4.53. The van der Waals surface area contributed by atoms with Gasteiger partial charge in [0.05, 0.1) is 9.79 Å². The van der Waals surface area contributed by atoms with Gasteiger partial charge in [-0.2, -0.15) is 0 Å². The Kier molecular flexibility index (Phi) is 5.52. The van der Waals surface area contributed by atoms with Gasteiger partial charge in [-0.25, -0.2) is 21.8 Å². The van der Waals surface area contributed by atoms with Crippen molar-refractivity contribution in [2.24, 2.45) is 0 Å². The van der Waals surface area contributed by atoms with E-state index in [1.54, 1.807) is 24.4 Å². The van der Waals surface area contributed by atoms with E-state index >= 15 is 0 Å². The molecule has 4 aromatic rings. The standard InChI is InChI=1S/C20H14N4O6S2/c25-31(26,27)15-8-4-13(5-9-15)18-19(14-6-10-16(11-7-14)32(28,29)30)23-24-20(22-18)17-3-1-2-12-21-17/h1-12H,(H,25,26,27)(H,28,29,30)/p-2. The number of nitrogens with zero attached hydrogens (tertiary/aromatic N) is 4. The summed E-state index contributed by atoms with van der Waals surface area (Å²) in [4.78, 5) is 7.89. The monoisotopic (exact) mass is 468 g/mol. The highest BCUT2D eigenvalue weighted by Crippen LogP contribution is 2.31. The molecule has 32 heavy (non-hydrogen) atoms. The summed E-state index contributed by atoms with van der Waals surface area (Å²) in [6.07, 6.45) is 1.56. The number of aromatic nitrogens is 4. The molecule has 0 N–H and O–H groups in total. The minimum atomic E-state index is -4.63. The molecular formula is C20H12N4O6S2-2. The lowest BCUT2D eigenvalue weighted by molar-refractivity contribution is 0.461. The second kappa shape index (κ2) is 8.16. The Balaban J connectivity index is 1.88. The Morgan fingerprint density at radius 1 is 0.625 bits per heavy atom. The number of pyridine rings is 1. The fourth-order valence-electron chi connectivity index (χ4n) is 2.88. The van der Waals surface area contributed by atoms with E-state index in [1.807, 2.05) is 0 Å². The minimum absolute atomic E-state index is 0.198. The summed E-state index contributed by atoms with van der Waals surface area (Å²) < 4.78 is 67.4. The molecule has 0 spiro atoms. The maximum atomic E-state index is 11.2. The molecule has 2 aromatic carbocycles. The van der Waals surface area contributed by atoms with Crippen LogP contribution in [0.25, 0.3) is 34.0 Å². The van der Waals surface area contributed by atoms with Crippen molar-refractivity contribution < 1.29 is 25.9 Å². The van der Waals surface area contributed by atoms with Gasteiger partial charge in [-0.15, -0.1) is 10.2 Å². The van der Waals surface area contributed by atoms with Crippen molar-refractivity contribution in [3.63, 3.8) is 0 Å². The SMILES string of the molecule is O=S(=O)([O-])c1ccc(-c2nnc(-c3ccccn3)nc2-c2ccc(S(=O)(=O)[O-])cc2)cc1. The predicted octanol–water partition coefficient (Wildman–Crippen LogP) is 2.08. The summed E-state index contributed by atoms with van der Waals surface area (Å²) in [6.45, 7) is 0. The summed E-state index contributed by atoms with van der Waals surface area (Å²) in [6, 6.07) is 15.3. The molecule has 0 fully saturated rings. The predicted molar refractivity (Wildman–Crippen MR) is 110 cm³/mol. The van der Waals surface area contributed by atoms with Gasteiger partial charge in [-0.05, 0) is 36.4 Å². The van der Waals surface area contributed by atoms with Gasteiger partial charge >= 0.3 is 0 Å². The Morgan fingerprint density at radius 3 is 1.62 bits per heavy atom. The minimum Gasteiger partial charge on any atom is -0.744 e. The highest BCUT2D eigenvalue weighted by molar-refractivity contribution is 7.86. The molecule has 0 unspecified atom stereocenters. The molecule has 2 heterocycles. The molecular weight excluding hydrogens is 456 g/mol. The number of rotatable bonds is 5. The van der Waals surface area contributed by atoms with E-state index in [2.05, 4.69) is 20.2 Å². The molecule has 0 aliphatic carbocycles. The fourth-order valence-corrected chi connectivity index (χ4v) is 3.82. The van der Waals surface area contributed by atoms with Gasteiger partial charge in [0, 0.05) is 17.3 Å². The molecule has 2 aromatic heterocycles. The van der Waals surface area contributed by atoms with Gasteiger partial charge < -0.3 is 9.11 Å². The van der Waals surface area contributed by atoms with Crippen molar-refractivity contribution in [1.82, 2.24) is 20.2 Å². The first-order valence-electron chi connectivity index (χ1n) is 8.92. The van der Waals surface area contributed by atoms with Gasteiger partial charge in [-0.1, -0.05) is 30.3 Å². The molecule has 0 radical (unpaired) electrons. The number of hydrogen-bond donors (Lipinski definition) is 0. The molecule has 0 saturated heterocycles. The largest absolute Gasteiger partial charge is 0.744 e. The van der Waals surface area contributed by atoms with Crippen LogP contribution in [-0.2, 0) is 20.2 Å². The topological polar surface area (TPSA) is 166 Å². The first kappa shape index (κ1) is 21.6. The molecule has 0 amide bonds. The number of hydrogen-bond acceptors (Lipinski definition) is 10. The van der Waals surface area contributed by atoms with Crippen LogP contribution in [0.1, 0.15) is 0 Å². The zero-order valence-corrected chi connectivity index (χ0v) is 17.6. The Labute approximate surface area is 183 Å². The molecule has 0 atom stereocenters. The van der Waals surface area contributed by atoms with Crippen LogP contribution in [0.2, 0.25) is 0 Å². The first-order chi connectivity index (χ1) is 15.1. The molecule has 0 saturated carbocycles. The van der Waals surface area contributed by atoms with Crippen LogP contribution >= 0.6 is 0 Å². The molecule has 0 bridgehead atoms. The first-order valence-corrected chi connectivity index (χ1v) is 11.7. The highest BCUT2D eigenvalue weighted by atomic mass is 32.2. The van der Waals surface area contributed by atoms with Crippen molar-refractivity contribution in [3.05, 3.63) is 72.9 Å². The van der Waals surface area contributed by atoms with Gasteiger partial charge in [0.1, 0.15) is 37.3 Å². The van der Waals surface area contributed by atoms with E-state index in [1.165, 1.54) is 24.3 Å². The maximum absolute atomic E-state index is 11.2. The summed E-state index contributed by atoms with van der Waals surface area (Å²) in [7, 11) is -9.25. The van der Waals surface area contributed by atoms with Crippen molar-refractivity contribution in [2.75, 3.05) is 0 Å². The second-order valence-electron chi connectivity index (χ2n) is 6.50. The Hall–Kier alpha value is -3.58. The highest BCUT2D eigenvalue weighted by Gasteiger charge is 2.16. The quantitative estimate of drug-likeness (QED) is 0.396. The van der Waals surface area contributed by atoms with Crippen LogP contribution in [0.5, 0.6) is 0 Å². The van der Waals surface area contributed by atoms with Gasteiger partial charge in [-0.3, -0.25) is 4.98 Å². The molecule has 162 valence electrons. The zero-order chi connectivity index (χ0) is 22.9. The van der Waals surface area contributed by atoms with Crippen molar-refractivity contribution in [3.8, 4) is 34.0 Å². The van der Waals surface area contributed by atoms with Gasteiger partial charge in [0.2, 0.25) is 5.82 Å². The van der Waals surface area contributed by atoms with E-state index in [4.69, 9.17) is 0 Å². The molecule has 12 heteroatoms. The summed E-state index contributed by atoms with van der Waals surface area (Å²) in [5.74, 6) is 0.198. The van der Waals surface area contributed by atoms with Crippen molar-refractivity contribution in [2.45, 2.75) is 9.79 Å². The third-order valence-corrected chi connectivity index (χ3v) is 6.11. The molecule has 0 aliphatic heterocycles. The maximum Gasteiger partial charge on any atom is 0.201 e. The Morgan fingerprint density at radius 2 is 1.16 bits per heavy atom. The molecule has 10 nitrogen and oxygen atoms in total. The lowest BCUT2D eigenvalue weighted by atomic mass is 10.0. The summed E-state index contributed by atoms with van der Waals surface area (Å²) in [5.41, 5.74) is 1.82. The smallest absolute Gasteiger partial charge is 0.201 e. The van der Waals surface area contributed by atoms with E-state index in [-0.39, 0.29) is 17.2 Å². The van der Waals surface area contributed by atoms with Gasteiger partial charge in [0.25, 0.3) is 0 Å².